The van der Waals surface area contributed by atoms with Gasteiger partial charge in [0.2, 0.25) is 5.91 Å². The summed E-state index contributed by atoms with van der Waals surface area (Å²) in [7, 11) is 1.21. The van der Waals surface area contributed by atoms with Crippen molar-refractivity contribution in [2.45, 2.75) is 231 Å². The van der Waals surface area contributed by atoms with E-state index in [-0.39, 0.29) is 18.9 Å². The van der Waals surface area contributed by atoms with Crippen molar-refractivity contribution in [2.24, 2.45) is 0 Å². The number of amides is 1. The van der Waals surface area contributed by atoms with E-state index < -0.39 is 26.6 Å². The van der Waals surface area contributed by atoms with Crippen LogP contribution in [0.15, 0.2) is 158 Å². The van der Waals surface area contributed by atoms with Crippen molar-refractivity contribution in [3.63, 3.8) is 0 Å². The zero-order chi connectivity index (χ0) is 57.0. The number of nitrogens with one attached hydrogen (secondary N) is 1. The minimum absolute atomic E-state index is 0.0180. The molecule has 2 N–H and O–H groups in total. The Labute approximate surface area is 480 Å². The average molecular weight is 1100 g/mol. The molecule has 0 aromatic carbocycles. The molecule has 1 amide bonds. The van der Waals surface area contributed by atoms with Crippen molar-refractivity contribution >= 4 is 13.7 Å². The summed E-state index contributed by atoms with van der Waals surface area (Å²) >= 11 is 0. The summed E-state index contributed by atoms with van der Waals surface area (Å²) in [6.07, 6.45) is 90.4. The minimum atomic E-state index is -4.62. The van der Waals surface area contributed by atoms with Gasteiger partial charge in [0.1, 0.15) is 13.2 Å². The maximum Gasteiger partial charge on any atom is 0.268 e. The molecular weight excluding hydrogens is 984 g/mol. The second kappa shape index (κ2) is 57.8. The van der Waals surface area contributed by atoms with E-state index in [1.165, 1.54) is 83.5 Å². The summed E-state index contributed by atoms with van der Waals surface area (Å²) in [4.78, 5) is 25.5. The molecule has 3 atom stereocenters. The van der Waals surface area contributed by atoms with Gasteiger partial charge in [-0.05, 0) is 109 Å². The lowest BCUT2D eigenvalue weighted by atomic mass is 10.0. The van der Waals surface area contributed by atoms with E-state index in [2.05, 4.69) is 165 Å². The molecule has 0 fully saturated rings. The first kappa shape index (κ1) is 74.1. The fraction of sp³-hybridized carbons (Fsp3) is 0.609. The number of unbranched alkanes of at least 4 members (excludes halogenated alkanes) is 17. The number of phosphoric acid groups is 1. The Hall–Kier alpha value is -3.88. The largest absolute Gasteiger partial charge is 0.756 e. The number of allylic oxidation sites excluding steroid dienone is 25. The van der Waals surface area contributed by atoms with Crippen molar-refractivity contribution < 1.29 is 32.9 Å². The van der Waals surface area contributed by atoms with Crippen LogP contribution in [0.1, 0.15) is 219 Å². The second-order valence-electron chi connectivity index (χ2n) is 21.3. The summed E-state index contributed by atoms with van der Waals surface area (Å²) in [5.41, 5.74) is 0. The van der Waals surface area contributed by atoms with E-state index in [0.717, 1.165) is 109 Å². The number of rotatable bonds is 54. The van der Waals surface area contributed by atoms with E-state index in [1.807, 2.05) is 27.2 Å². The topological polar surface area (TPSA) is 108 Å². The smallest absolute Gasteiger partial charge is 0.268 e. The number of quaternary nitrogens is 1. The number of carbonyl (C=O) groups excluding carboxylic acids is 1. The van der Waals surface area contributed by atoms with Crippen LogP contribution in [-0.2, 0) is 18.4 Å². The molecule has 0 aliphatic rings. The zero-order valence-electron chi connectivity index (χ0n) is 50.3. The van der Waals surface area contributed by atoms with Gasteiger partial charge in [0.15, 0.2) is 0 Å². The first-order valence-corrected chi connectivity index (χ1v) is 32.3. The van der Waals surface area contributed by atoms with E-state index in [4.69, 9.17) is 9.05 Å². The molecule has 8 nitrogen and oxygen atoms in total. The van der Waals surface area contributed by atoms with Gasteiger partial charge in [-0.2, -0.15) is 0 Å². The Morgan fingerprint density at radius 2 is 0.782 bits per heavy atom. The molecule has 0 heterocycles. The Morgan fingerprint density at radius 1 is 0.462 bits per heavy atom. The van der Waals surface area contributed by atoms with E-state index >= 15 is 0 Å². The highest BCUT2D eigenvalue weighted by Crippen LogP contribution is 2.38. The van der Waals surface area contributed by atoms with Gasteiger partial charge >= 0.3 is 0 Å². The molecular formula is C69H115N2O6P. The molecule has 0 bridgehead atoms. The van der Waals surface area contributed by atoms with Crippen LogP contribution in [0.2, 0.25) is 0 Å². The zero-order valence-corrected chi connectivity index (χ0v) is 51.2. The molecule has 0 radical (unpaired) electrons. The Bertz CT molecular complexity index is 1820. The van der Waals surface area contributed by atoms with Crippen molar-refractivity contribution in [2.75, 3.05) is 40.9 Å². The summed E-state index contributed by atoms with van der Waals surface area (Å²) in [6, 6.07) is -0.922. The van der Waals surface area contributed by atoms with Crippen molar-refractivity contribution in [1.29, 1.82) is 0 Å². The van der Waals surface area contributed by atoms with Crippen LogP contribution in [0, 0.1) is 0 Å². The number of nitrogens with zero attached hydrogens (tertiary/aromatic N) is 1. The minimum Gasteiger partial charge on any atom is -0.756 e. The van der Waals surface area contributed by atoms with Crippen LogP contribution in [0.4, 0.5) is 0 Å². The monoisotopic (exact) mass is 1100 g/mol. The van der Waals surface area contributed by atoms with Gasteiger partial charge in [-0.15, -0.1) is 0 Å². The molecule has 0 spiro atoms. The van der Waals surface area contributed by atoms with Gasteiger partial charge in [0.25, 0.3) is 7.82 Å². The van der Waals surface area contributed by atoms with Crippen molar-refractivity contribution in [3.05, 3.63) is 158 Å². The highest BCUT2D eigenvalue weighted by Gasteiger charge is 2.23. The number of hydrogen-bond acceptors (Lipinski definition) is 6. The molecule has 0 aromatic heterocycles. The number of carbonyl (C=O) groups is 1. The van der Waals surface area contributed by atoms with Gasteiger partial charge in [-0.25, -0.2) is 0 Å². The molecule has 0 saturated heterocycles. The lowest BCUT2D eigenvalue weighted by Gasteiger charge is -2.29. The van der Waals surface area contributed by atoms with E-state index in [9.17, 15) is 19.4 Å². The standard InChI is InChI=1S/C69H115N2O6P/c1-6-8-10-12-14-16-18-20-22-24-25-26-27-28-29-30-31-32-33-34-35-36-37-38-39-40-41-42-43-44-45-47-49-51-53-55-57-59-61-63-69(73)70-67(66-77-78(74,75)76-65-64-71(3,4)5)68(72)62-60-58-56-54-52-50-48-46-23-21-19-17-15-13-11-9-7-2/h8,10,14,16,20,22,25-26,28-29,31-32,34-35,37-38,40-41,43-44,47,49,53,55,60,62,67-68,72H,6-7,9,11-13,15,17-19,21,23-24,27,30,33,36,39,42,45-46,48,50-52,54,56-59,61,63-66H2,1-5H3,(H-,70,73,74,75)/b10-8-,16-14-,22-20-,26-25-,29-28-,32-31-,35-34-,38-37-,41-40-,44-43-,49-47-,55-53-,62-60+. The highest BCUT2D eigenvalue weighted by atomic mass is 31.2. The SMILES string of the molecule is CC/C=C\C/C=C\C/C=C\C/C=C\C/C=C\C/C=C\C/C=C\C/C=C\C/C=C\C/C=C\C/C=C\C/C=C\CCCCC(=O)NC(COP(=O)([O-])OCC[N+](C)(C)C)C(O)/C=C/CCCCCCCCCCCCCCCCC. The van der Waals surface area contributed by atoms with Gasteiger partial charge in [-0.1, -0.05) is 262 Å². The first-order valence-electron chi connectivity index (χ1n) is 30.8. The third-order valence-corrected chi connectivity index (χ3v) is 13.7. The fourth-order valence-corrected chi connectivity index (χ4v) is 8.68. The lowest BCUT2D eigenvalue weighted by Crippen LogP contribution is -2.45. The van der Waals surface area contributed by atoms with Gasteiger partial charge in [0, 0.05) is 6.42 Å². The second-order valence-corrected chi connectivity index (χ2v) is 22.7. The fourth-order valence-electron chi connectivity index (χ4n) is 7.96. The number of aliphatic hydroxyl groups is 1. The van der Waals surface area contributed by atoms with Crippen molar-refractivity contribution in [3.8, 4) is 0 Å². The van der Waals surface area contributed by atoms with Crippen LogP contribution in [0.5, 0.6) is 0 Å². The molecule has 0 saturated carbocycles. The van der Waals surface area contributed by atoms with Crippen LogP contribution >= 0.6 is 7.82 Å². The Kier molecular flexibility index (Phi) is 54.9. The molecule has 0 aliphatic heterocycles. The summed E-state index contributed by atoms with van der Waals surface area (Å²) < 4.78 is 23.3. The van der Waals surface area contributed by atoms with E-state index in [0.29, 0.717) is 17.4 Å². The van der Waals surface area contributed by atoms with Crippen LogP contribution in [-0.4, -0.2) is 68.5 Å². The first-order chi connectivity index (χ1) is 38.0. The number of phosphoric ester groups is 1. The highest BCUT2D eigenvalue weighted by molar-refractivity contribution is 7.45. The predicted molar refractivity (Wildman–Crippen MR) is 338 cm³/mol. The maximum absolute atomic E-state index is 13.0. The van der Waals surface area contributed by atoms with Crippen LogP contribution in [0.25, 0.3) is 0 Å². The summed E-state index contributed by atoms with van der Waals surface area (Å²) in [5.74, 6) is -0.246. The molecule has 9 heteroatoms. The average Bonchev–Trinajstić information content (AvgIpc) is 3.40. The quantitative estimate of drug-likeness (QED) is 0.0272. The van der Waals surface area contributed by atoms with Crippen LogP contribution < -0.4 is 10.2 Å². The van der Waals surface area contributed by atoms with Gasteiger partial charge in [0.05, 0.1) is 39.9 Å². The van der Waals surface area contributed by atoms with E-state index in [1.54, 1.807) is 6.08 Å². The third-order valence-electron chi connectivity index (χ3n) is 12.7. The molecule has 3 unspecified atom stereocenters. The number of likely N-dealkylation sites (N-methyl/N-ethyl adjacent to an activating group) is 1. The van der Waals surface area contributed by atoms with Gasteiger partial charge in [-0.3, -0.25) is 9.36 Å². The summed E-state index contributed by atoms with van der Waals surface area (Å²) in [6.45, 7) is 4.49. The Balaban J connectivity index is 4.28. The maximum atomic E-state index is 13.0. The lowest BCUT2D eigenvalue weighted by molar-refractivity contribution is -0.870. The normalized spacial score (nSPS) is 14.9. The Morgan fingerprint density at radius 3 is 1.14 bits per heavy atom. The molecule has 0 aliphatic carbocycles. The van der Waals surface area contributed by atoms with Gasteiger partial charge < -0.3 is 28.8 Å². The molecule has 0 aromatic rings. The molecule has 0 rings (SSSR count). The summed E-state index contributed by atoms with van der Waals surface area (Å²) in [5, 5.41) is 13.8. The number of hydrogen-bond donors (Lipinski definition) is 2. The number of aliphatic hydroxyl groups excluding tert-OH is 1. The molecule has 442 valence electrons. The van der Waals surface area contributed by atoms with Crippen LogP contribution in [0.3, 0.4) is 0 Å². The predicted octanol–water partition coefficient (Wildman–Crippen LogP) is 18.8. The van der Waals surface area contributed by atoms with Crippen molar-refractivity contribution in [1.82, 2.24) is 5.32 Å². The molecule has 78 heavy (non-hydrogen) atoms. The third kappa shape index (κ3) is 59.8.